The van der Waals surface area contributed by atoms with Crippen molar-refractivity contribution in [1.82, 2.24) is 14.8 Å². The minimum Gasteiger partial charge on any atom is -0.361 e. The van der Waals surface area contributed by atoms with Crippen molar-refractivity contribution in [3.63, 3.8) is 0 Å². The molecule has 4 nitrogen and oxygen atoms in total. The molecule has 0 radical (unpaired) electrons. The SMILES string of the molecule is Brc1cnsc1CNCc1noc2c1CCCC2. The number of rotatable bonds is 4. The van der Waals surface area contributed by atoms with Crippen LogP contribution >= 0.6 is 27.5 Å². The Morgan fingerprint density at radius 2 is 2.22 bits per heavy atom. The molecule has 0 fully saturated rings. The quantitative estimate of drug-likeness (QED) is 0.937. The smallest absolute Gasteiger partial charge is 0.140 e. The van der Waals surface area contributed by atoms with Crippen LogP contribution in [0.4, 0.5) is 0 Å². The number of fused-ring (bicyclic) bond motifs is 1. The highest BCUT2D eigenvalue weighted by Gasteiger charge is 2.18. The molecule has 6 heteroatoms. The third-order valence-corrected chi connectivity index (χ3v) is 4.95. The van der Waals surface area contributed by atoms with E-state index in [0.29, 0.717) is 0 Å². The first-order chi connectivity index (χ1) is 8.84. The fraction of sp³-hybridized carbons (Fsp3) is 0.500. The molecule has 96 valence electrons. The van der Waals surface area contributed by atoms with Gasteiger partial charge in [-0.15, -0.1) is 0 Å². The minimum absolute atomic E-state index is 0.767. The molecule has 0 atom stereocenters. The highest BCUT2D eigenvalue weighted by Crippen LogP contribution is 2.24. The van der Waals surface area contributed by atoms with Crippen LogP contribution in [0.1, 0.15) is 34.7 Å². The van der Waals surface area contributed by atoms with Crippen LogP contribution in [0, 0.1) is 0 Å². The lowest BCUT2D eigenvalue weighted by Crippen LogP contribution is -2.14. The number of hydrogen-bond acceptors (Lipinski definition) is 5. The van der Waals surface area contributed by atoms with Crippen molar-refractivity contribution < 1.29 is 4.52 Å². The summed E-state index contributed by atoms with van der Waals surface area (Å²) in [5.41, 5.74) is 2.41. The average Bonchev–Trinajstić information content (AvgIpc) is 2.97. The van der Waals surface area contributed by atoms with Crippen LogP contribution in [0.25, 0.3) is 0 Å². The Morgan fingerprint density at radius 1 is 1.33 bits per heavy atom. The molecular weight excluding hydrogens is 314 g/mol. The van der Waals surface area contributed by atoms with Gasteiger partial charge in [-0.1, -0.05) is 5.16 Å². The van der Waals surface area contributed by atoms with E-state index in [-0.39, 0.29) is 0 Å². The van der Waals surface area contributed by atoms with Crippen LogP contribution in [0.2, 0.25) is 0 Å². The Kier molecular flexibility index (Phi) is 3.77. The summed E-state index contributed by atoms with van der Waals surface area (Å²) in [6.45, 7) is 1.58. The lowest BCUT2D eigenvalue weighted by molar-refractivity contribution is 0.366. The number of nitrogens with one attached hydrogen (secondary N) is 1. The van der Waals surface area contributed by atoms with Crippen molar-refractivity contribution >= 4 is 27.5 Å². The third-order valence-electron chi connectivity index (χ3n) is 3.20. The number of halogens is 1. The molecule has 2 aromatic heterocycles. The van der Waals surface area contributed by atoms with Crippen LogP contribution in [-0.2, 0) is 25.9 Å². The second-order valence-corrected chi connectivity index (χ2v) is 6.18. The summed E-state index contributed by atoms with van der Waals surface area (Å²) < 4.78 is 10.6. The Hall–Kier alpha value is -0.720. The van der Waals surface area contributed by atoms with E-state index in [0.717, 1.165) is 41.9 Å². The van der Waals surface area contributed by atoms with Gasteiger partial charge in [-0.25, -0.2) is 0 Å². The Bertz CT molecular complexity index is 537. The van der Waals surface area contributed by atoms with Crippen LogP contribution in [0.15, 0.2) is 15.2 Å². The summed E-state index contributed by atoms with van der Waals surface area (Å²) >= 11 is 4.99. The average molecular weight is 328 g/mol. The molecule has 0 aromatic carbocycles. The van der Waals surface area contributed by atoms with Crippen molar-refractivity contribution in [2.24, 2.45) is 0 Å². The van der Waals surface area contributed by atoms with Gasteiger partial charge in [0, 0.05) is 25.1 Å². The largest absolute Gasteiger partial charge is 0.361 e. The van der Waals surface area contributed by atoms with Crippen LogP contribution in [0.5, 0.6) is 0 Å². The van der Waals surface area contributed by atoms with E-state index in [2.05, 4.69) is 30.8 Å². The second kappa shape index (κ2) is 5.50. The number of aryl methyl sites for hydroxylation is 1. The highest BCUT2D eigenvalue weighted by molar-refractivity contribution is 9.10. The Labute approximate surface area is 118 Å². The molecule has 3 rings (SSSR count). The molecule has 1 N–H and O–H groups in total. The van der Waals surface area contributed by atoms with Gasteiger partial charge in [-0.2, -0.15) is 4.37 Å². The van der Waals surface area contributed by atoms with Crippen molar-refractivity contribution in [1.29, 1.82) is 0 Å². The normalized spacial score (nSPS) is 14.7. The lowest BCUT2D eigenvalue weighted by atomic mass is 9.96. The summed E-state index contributed by atoms with van der Waals surface area (Å²) in [5.74, 6) is 1.09. The molecule has 2 aromatic rings. The summed E-state index contributed by atoms with van der Waals surface area (Å²) in [6, 6.07) is 0. The van der Waals surface area contributed by atoms with Gasteiger partial charge in [0.05, 0.1) is 15.5 Å². The molecular formula is C12H14BrN3OS. The zero-order chi connectivity index (χ0) is 12.4. The molecule has 0 spiro atoms. The molecule has 0 saturated heterocycles. The van der Waals surface area contributed by atoms with Crippen molar-refractivity contribution in [3.05, 3.63) is 32.6 Å². The molecule has 0 saturated carbocycles. The minimum atomic E-state index is 0.767. The fourth-order valence-electron chi connectivity index (χ4n) is 2.25. The van der Waals surface area contributed by atoms with Gasteiger partial charge in [0.2, 0.25) is 0 Å². The van der Waals surface area contributed by atoms with E-state index in [1.54, 1.807) is 0 Å². The van der Waals surface area contributed by atoms with Gasteiger partial charge in [0.15, 0.2) is 0 Å². The first-order valence-electron chi connectivity index (χ1n) is 6.10. The van der Waals surface area contributed by atoms with Crippen LogP contribution < -0.4 is 5.32 Å². The summed E-state index contributed by atoms with van der Waals surface area (Å²) in [7, 11) is 0. The zero-order valence-corrected chi connectivity index (χ0v) is 12.3. The van der Waals surface area contributed by atoms with Gasteiger partial charge in [0.25, 0.3) is 0 Å². The molecule has 0 amide bonds. The molecule has 2 heterocycles. The van der Waals surface area contributed by atoms with Crippen molar-refractivity contribution in [2.75, 3.05) is 0 Å². The van der Waals surface area contributed by atoms with Crippen molar-refractivity contribution in [3.8, 4) is 0 Å². The first kappa shape index (κ1) is 12.3. The maximum Gasteiger partial charge on any atom is 0.140 e. The summed E-state index contributed by atoms with van der Waals surface area (Å²) in [5, 5.41) is 7.58. The predicted octanol–water partition coefficient (Wildman–Crippen LogP) is 3.06. The standard InChI is InChI=1S/C12H14BrN3OS/c13-9-5-15-18-12(9)7-14-6-10-8-3-1-2-4-11(8)17-16-10/h5,14H,1-4,6-7H2. The Balaban J connectivity index is 1.60. The fourth-order valence-corrected chi connectivity index (χ4v) is 3.44. The van der Waals surface area contributed by atoms with E-state index in [4.69, 9.17) is 4.52 Å². The summed E-state index contributed by atoms with van der Waals surface area (Å²) in [6.07, 6.45) is 6.47. The molecule has 0 aliphatic heterocycles. The van der Waals surface area contributed by atoms with E-state index in [9.17, 15) is 0 Å². The zero-order valence-electron chi connectivity index (χ0n) is 9.91. The van der Waals surface area contributed by atoms with Gasteiger partial charge in [0.1, 0.15) is 11.5 Å². The third kappa shape index (κ3) is 2.50. The van der Waals surface area contributed by atoms with Gasteiger partial charge < -0.3 is 9.84 Å². The number of hydrogen-bond donors (Lipinski definition) is 1. The van der Waals surface area contributed by atoms with Crippen LogP contribution in [-0.4, -0.2) is 9.53 Å². The first-order valence-corrected chi connectivity index (χ1v) is 7.67. The van der Waals surface area contributed by atoms with E-state index in [1.165, 1.54) is 34.8 Å². The van der Waals surface area contributed by atoms with Crippen molar-refractivity contribution in [2.45, 2.75) is 38.8 Å². The molecule has 18 heavy (non-hydrogen) atoms. The topological polar surface area (TPSA) is 51.0 Å². The molecule has 1 aliphatic rings. The molecule has 0 bridgehead atoms. The Morgan fingerprint density at radius 3 is 3.06 bits per heavy atom. The molecule has 1 aliphatic carbocycles. The van der Waals surface area contributed by atoms with Gasteiger partial charge in [-0.3, -0.25) is 0 Å². The number of aromatic nitrogens is 2. The maximum absolute atomic E-state index is 5.39. The van der Waals surface area contributed by atoms with E-state index in [1.807, 2.05) is 6.20 Å². The van der Waals surface area contributed by atoms with Gasteiger partial charge >= 0.3 is 0 Å². The predicted molar refractivity (Wildman–Crippen MR) is 73.5 cm³/mol. The van der Waals surface area contributed by atoms with E-state index >= 15 is 0 Å². The molecule has 0 unspecified atom stereocenters. The second-order valence-electron chi connectivity index (χ2n) is 4.44. The van der Waals surface area contributed by atoms with Gasteiger partial charge in [-0.05, 0) is 46.7 Å². The summed E-state index contributed by atoms with van der Waals surface area (Å²) in [4.78, 5) is 1.22. The highest BCUT2D eigenvalue weighted by atomic mass is 79.9. The lowest BCUT2D eigenvalue weighted by Gasteiger charge is -2.09. The van der Waals surface area contributed by atoms with E-state index < -0.39 is 0 Å². The number of nitrogens with zero attached hydrogens (tertiary/aromatic N) is 2. The monoisotopic (exact) mass is 327 g/mol. The maximum atomic E-state index is 5.39. The van der Waals surface area contributed by atoms with Crippen LogP contribution in [0.3, 0.4) is 0 Å².